The topological polar surface area (TPSA) is 107 Å². The third-order valence-electron chi connectivity index (χ3n) is 4.46. The Hall–Kier alpha value is -1.94. The Balaban J connectivity index is 0.000000321. The summed E-state index contributed by atoms with van der Waals surface area (Å²) in [6, 6.07) is 0.647. The molecule has 2 aromatic heterocycles. The maximum absolute atomic E-state index is 9.55. The average molecular weight is 443 g/mol. The summed E-state index contributed by atoms with van der Waals surface area (Å²) in [6.45, 7) is 8.80. The fourth-order valence-corrected chi connectivity index (χ4v) is 4.28. The van der Waals surface area contributed by atoms with Gasteiger partial charge in [-0.05, 0) is 31.8 Å². The molecule has 0 radical (unpaired) electrons. The Morgan fingerprint density at radius 1 is 1.34 bits per heavy atom. The maximum atomic E-state index is 9.55. The molecule has 2 aromatic rings. The fourth-order valence-electron chi connectivity index (χ4n) is 3.27. The number of aromatic nitrogens is 2. The number of nitrogens with one attached hydrogen (secondary N) is 1. The van der Waals surface area contributed by atoms with Gasteiger partial charge in [0.05, 0.1) is 5.69 Å². The highest BCUT2D eigenvalue weighted by Gasteiger charge is 2.24. The molecule has 0 amide bonds. The molecule has 0 unspecified atom stereocenters. The first kappa shape index (κ1) is 23.3. The van der Waals surface area contributed by atoms with Crippen molar-refractivity contribution >= 4 is 39.8 Å². The number of carboxylic acids is 2. The van der Waals surface area contributed by atoms with Gasteiger partial charge in [0.1, 0.15) is 0 Å². The Labute approximate surface area is 178 Å². The molecule has 10 heteroatoms. The number of fused-ring (bicyclic) bond motifs is 1. The van der Waals surface area contributed by atoms with Crippen LogP contribution >= 0.6 is 22.9 Å². The van der Waals surface area contributed by atoms with Crippen molar-refractivity contribution in [1.82, 2.24) is 19.6 Å². The Morgan fingerprint density at radius 3 is 2.52 bits per heavy atom. The first-order valence-electron chi connectivity index (χ1n) is 9.46. The second kappa shape index (κ2) is 11.3. The van der Waals surface area contributed by atoms with Crippen LogP contribution in [0, 0.1) is 5.92 Å². The van der Waals surface area contributed by atoms with Crippen molar-refractivity contribution in [2.75, 3.05) is 19.6 Å². The van der Waals surface area contributed by atoms with E-state index >= 15 is 0 Å². The molecule has 0 atom stereocenters. The molecular formula is C19H27ClN4O4S. The van der Waals surface area contributed by atoms with E-state index in [1.165, 1.54) is 12.8 Å². The average Bonchev–Trinajstić information content (AvgIpc) is 3.22. The Kier molecular flexibility index (Phi) is 9.09. The molecule has 0 aromatic carbocycles. The lowest BCUT2D eigenvalue weighted by Crippen LogP contribution is -2.44. The van der Waals surface area contributed by atoms with E-state index in [-0.39, 0.29) is 0 Å². The highest BCUT2D eigenvalue weighted by molar-refractivity contribution is 7.15. The molecular weight excluding hydrogens is 416 g/mol. The molecule has 3 heterocycles. The van der Waals surface area contributed by atoms with Crippen molar-refractivity contribution in [2.45, 2.75) is 39.3 Å². The lowest BCUT2D eigenvalue weighted by Gasteiger charge is -2.35. The van der Waals surface area contributed by atoms with E-state index in [0.29, 0.717) is 29.3 Å². The van der Waals surface area contributed by atoms with Crippen molar-refractivity contribution in [3.05, 3.63) is 34.6 Å². The number of carbonyl (C=O) groups is 2. The van der Waals surface area contributed by atoms with E-state index in [4.69, 9.17) is 21.8 Å². The second-order valence-corrected chi connectivity index (χ2v) is 8.45. The van der Waals surface area contributed by atoms with Crippen molar-refractivity contribution in [3.8, 4) is 0 Å². The summed E-state index contributed by atoms with van der Waals surface area (Å²) < 4.78 is 2.14. The van der Waals surface area contributed by atoms with Crippen LogP contribution in [0.5, 0.6) is 0 Å². The van der Waals surface area contributed by atoms with Crippen molar-refractivity contribution in [2.24, 2.45) is 5.92 Å². The number of imidazole rings is 1. The summed E-state index contributed by atoms with van der Waals surface area (Å²) in [5.74, 6) is -1.86. The molecule has 0 aliphatic carbocycles. The molecule has 160 valence electrons. The monoisotopic (exact) mass is 442 g/mol. The van der Waals surface area contributed by atoms with E-state index in [9.17, 15) is 9.59 Å². The van der Waals surface area contributed by atoms with Crippen LogP contribution in [0.25, 0.3) is 4.96 Å². The predicted molar refractivity (Wildman–Crippen MR) is 114 cm³/mol. The summed E-state index contributed by atoms with van der Waals surface area (Å²) in [5, 5.41) is 21.8. The Bertz CT molecular complexity index is 826. The van der Waals surface area contributed by atoms with Crippen LogP contribution in [0.1, 0.15) is 32.4 Å². The Morgan fingerprint density at radius 2 is 1.97 bits per heavy atom. The van der Waals surface area contributed by atoms with E-state index in [1.807, 2.05) is 0 Å². The van der Waals surface area contributed by atoms with Gasteiger partial charge >= 0.3 is 11.9 Å². The number of nitrogens with zero attached hydrogens (tertiary/aromatic N) is 3. The molecule has 1 aliphatic rings. The minimum absolute atomic E-state index is 0.558. The molecule has 3 rings (SSSR count). The first-order valence-corrected chi connectivity index (χ1v) is 10.7. The summed E-state index contributed by atoms with van der Waals surface area (Å²) >= 11 is 8.00. The standard InChI is InChI=1S/C15H23ClN4S.C4H4O4/c1-11(2)9-19(12-3-5-17-6-4-12)10-13-14(16)18-15-20(13)7-8-21-15;5-3(6)1-2-4(7)8/h7-8,11-12,17H,3-6,9-10H2,1-2H3;1-2H,(H,5,6)(H,7,8)/b;2-1+. The lowest BCUT2D eigenvalue weighted by molar-refractivity contribution is -0.134. The predicted octanol–water partition coefficient (Wildman–Crippen LogP) is 2.97. The second-order valence-electron chi connectivity index (χ2n) is 7.22. The number of halogens is 1. The molecule has 8 nitrogen and oxygen atoms in total. The van der Waals surface area contributed by atoms with Gasteiger partial charge in [0.25, 0.3) is 0 Å². The zero-order chi connectivity index (χ0) is 21.4. The van der Waals surface area contributed by atoms with Crippen LogP contribution in [0.2, 0.25) is 5.15 Å². The number of rotatable bonds is 7. The number of aliphatic carboxylic acids is 2. The van der Waals surface area contributed by atoms with Gasteiger partial charge in [-0.2, -0.15) is 0 Å². The summed E-state index contributed by atoms with van der Waals surface area (Å²) in [4.78, 5) is 27.2. The first-order chi connectivity index (χ1) is 13.8. The van der Waals surface area contributed by atoms with Crippen LogP contribution < -0.4 is 5.32 Å². The van der Waals surface area contributed by atoms with E-state index in [0.717, 1.165) is 36.8 Å². The minimum atomic E-state index is -1.26. The molecule has 0 bridgehead atoms. The van der Waals surface area contributed by atoms with Crippen molar-refractivity contribution in [1.29, 1.82) is 0 Å². The number of hydrogen-bond acceptors (Lipinski definition) is 6. The zero-order valence-electron chi connectivity index (χ0n) is 16.5. The fraction of sp³-hybridized carbons (Fsp3) is 0.526. The van der Waals surface area contributed by atoms with Gasteiger partial charge in [0.2, 0.25) is 0 Å². The molecule has 1 saturated heterocycles. The smallest absolute Gasteiger partial charge is 0.328 e. The third-order valence-corrected chi connectivity index (χ3v) is 5.52. The van der Waals surface area contributed by atoms with Crippen LogP contribution in [-0.2, 0) is 16.1 Å². The van der Waals surface area contributed by atoms with Crippen molar-refractivity contribution in [3.63, 3.8) is 0 Å². The molecule has 0 saturated carbocycles. The molecule has 1 fully saturated rings. The van der Waals surface area contributed by atoms with Crippen molar-refractivity contribution < 1.29 is 19.8 Å². The SMILES string of the molecule is CC(C)CN(Cc1c(Cl)nc2sccn12)C1CCNCC1.O=C(O)/C=C/C(=O)O. The van der Waals surface area contributed by atoms with Gasteiger partial charge in [-0.3, -0.25) is 9.30 Å². The van der Waals surface area contributed by atoms with Gasteiger partial charge in [-0.1, -0.05) is 25.4 Å². The molecule has 1 aliphatic heterocycles. The summed E-state index contributed by atoms with van der Waals surface area (Å²) in [6.07, 6.45) is 5.63. The summed E-state index contributed by atoms with van der Waals surface area (Å²) in [5.41, 5.74) is 1.13. The van der Waals surface area contributed by atoms with Crippen LogP contribution in [-0.4, -0.2) is 62.1 Å². The number of hydrogen-bond donors (Lipinski definition) is 3. The molecule has 29 heavy (non-hydrogen) atoms. The highest BCUT2D eigenvalue weighted by Crippen LogP contribution is 2.25. The largest absolute Gasteiger partial charge is 0.478 e. The summed E-state index contributed by atoms with van der Waals surface area (Å²) in [7, 11) is 0. The zero-order valence-corrected chi connectivity index (χ0v) is 18.1. The van der Waals surface area contributed by atoms with Gasteiger partial charge in [-0.25, -0.2) is 14.6 Å². The van der Waals surface area contributed by atoms with Crippen LogP contribution in [0.3, 0.4) is 0 Å². The highest BCUT2D eigenvalue weighted by atomic mass is 35.5. The van der Waals surface area contributed by atoms with Gasteiger partial charge in [0, 0.05) is 42.9 Å². The lowest BCUT2D eigenvalue weighted by atomic mass is 10.0. The van der Waals surface area contributed by atoms with Crippen LogP contribution in [0.15, 0.2) is 23.7 Å². The molecule has 0 spiro atoms. The van der Waals surface area contributed by atoms with E-state index < -0.39 is 11.9 Å². The van der Waals surface area contributed by atoms with E-state index in [1.54, 1.807) is 11.3 Å². The number of thiazole rings is 1. The molecule has 3 N–H and O–H groups in total. The van der Waals surface area contributed by atoms with Gasteiger partial charge in [-0.15, -0.1) is 11.3 Å². The van der Waals surface area contributed by atoms with Crippen LogP contribution in [0.4, 0.5) is 0 Å². The maximum Gasteiger partial charge on any atom is 0.328 e. The minimum Gasteiger partial charge on any atom is -0.478 e. The van der Waals surface area contributed by atoms with Gasteiger partial charge < -0.3 is 15.5 Å². The van der Waals surface area contributed by atoms with Gasteiger partial charge in [0.15, 0.2) is 10.1 Å². The number of piperidine rings is 1. The van der Waals surface area contributed by atoms with E-state index in [2.05, 4.69) is 45.0 Å². The normalized spacial score (nSPS) is 15.2. The third kappa shape index (κ3) is 7.43. The quantitative estimate of drug-likeness (QED) is 0.566. The number of carboxylic acid groups (broad SMARTS) is 2.